The molecule has 0 bridgehead atoms. The molecule has 1 rings (SSSR count). The minimum atomic E-state index is -0.663. The van der Waals surface area contributed by atoms with Crippen LogP contribution in [-0.4, -0.2) is 78.6 Å². The van der Waals surface area contributed by atoms with E-state index in [4.69, 9.17) is 15.9 Å². The van der Waals surface area contributed by atoms with Gasteiger partial charge in [-0.25, -0.2) is 4.79 Å². The van der Waals surface area contributed by atoms with Gasteiger partial charge in [0, 0.05) is 32.7 Å². The molecule has 1 aliphatic heterocycles. The summed E-state index contributed by atoms with van der Waals surface area (Å²) >= 11 is 0. The van der Waals surface area contributed by atoms with Gasteiger partial charge in [-0.15, -0.1) is 6.42 Å². The van der Waals surface area contributed by atoms with Crippen LogP contribution in [0.2, 0.25) is 0 Å². The van der Waals surface area contributed by atoms with Gasteiger partial charge in [0.25, 0.3) is 0 Å². The van der Waals surface area contributed by atoms with E-state index >= 15 is 0 Å². The number of carbonyl (C=O) groups excluding carboxylic acids is 1. The molecule has 0 unspecified atom stereocenters. The predicted molar refractivity (Wildman–Crippen MR) is 79.9 cm³/mol. The monoisotopic (exact) mass is 298 g/mol. The number of aliphatic hydroxyl groups excluding tert-OH is 1. The molecule has 120 valence electrons. The average molecular weight is 298 g/mol. The Morgan fingerprint density at radius 2 is 2.00 bits per heavy atom. The van der Waals surface area contributed by atoms with Crippen LogP contribution < -0.4 is 0 Å². The molecule has 1 atom stereocenters. The summed E-state index contributed by atoms with van der Waals surface area (Å²) in [6.45, 7) is 9.14. The number of piperazine rings is 1. The van der Waals surface area contributed by atoms with E-state index in [1.165, 1.54) is 0 Å². The molecule has 21 heavy (non-hydrogen) atoms. The highest BCUT2D eigenvalue weighted by Crippen LogP contribution is 2.09. The molecule has 0 aromatic rings. The summed E-state index contributed by atoms with van der Waals surface area (Å²) in [6, 6.07) is 0. The van der Waals surface area contributed by atoms with Gasteiger partial charge < -0.3 is 19.5 Å². The fourth-order valence-electron chi connectivity index (χ4n) is 2.02. The number of amides is 1. The zero-order valence-electron chi connectivity index (χ0n) is 13.2. The molecule has 0 aromatic carbocycles. The number of aliphatic hydroxyl groups is 1. The van der Waals surface area contributed by atoms with Crippen molar-refractivity contribution in [3.63, 3.8) is 0 Å². The van der Waals surface area contributed by atoms with Crippen molar-refractivity contribution in [3.05, 3.63) is 0 Å². The molecule has 1 fully saturated rings. The van der Waals surface area contributed by atoms with Crippen molar-refractivity contribution in [2.24, 2.45) is 0 Å². The van der Waals surface area contributed by atoms with Crippen LogP contribution in [0.1, 0.15) is 20.8 Å². The molecule has 0 aliphatic carbocycles. The van der Waals surface area contributed by atoms with Crippen LogP contribution in [-0.2, 0) is 9.47 Å². The first-order chi connectivity index (χ1) is 9.88. The van der Waals surface area contributed by atoms with Crippen LogP contribution in [0.5, 0.6) is 0 Å². The van der Waals surface area contributed by atoms with Gasteiger partial charge in [0.1, 0.15) is 5.60 Å². The lowest BCUT2D eigenvalue weighted by atomic mass is 10.1. The predicted octanol–water partition coefficient (Wildman–Crippen LogP) is 0.550. The Hall–Kier alpha value is -1.29. The summed E-state index contributed by atoms with van der Waals surface area (Å²) in [5, 5.41) is 9.98. The minimum Gasteiger partial charge on any atom is -0.450 e. The van der Waals surface area contributed by atoms with Gasteiger partial charge in [0.15, 0.2) is 0 Å². The van der Waals surface area contributed by atoms with E-state index in [1.54, 1.807) is 25.7 Å². The fourth-order valence-corrected chi connectivity index (χ4v) is 2.02. The van der Waals surface area contributed by atoms with Crippen LogP contribution in [0.4, 0.5) is 4.79 Å². The smallest absolute Gasteiger partial charge is 0.409 e. The number of hydrogen-bond acceptors (Lipinski definition) is 5. The molecule has 0 radical (unpaired) electrons. The number of terminal acetylenes is 1. The Labute approximate surface area is 127 Å². The van der Waals surface area contributed by atoms with E-state index in [1.807, 2.05) is 0 Å². The van der Waals surface area contributed by atoms with Crippen LogP contribution in [0.3, 0.4) is 0 Å². The largest absolute Gasteiger partial charge is 0.450 e. The quantitative estimate of drug-likeness (QED) is 0.726. The molecule has 1 aliphatic rings. The van der Waals surface area contributed by atoms with Crippen molar-refractivity contribution >= 4 is 6.09 Å². The number of β-amino-alcohol motifs (C(OH)–C–C–N with tert-alkyl or cyclic N) is 1. The second kappa shape index (κ2) is 8.23. The molecule has 1 amide bonds. The Kier molecular flexibility index (Phi) is 6.96. The summed E-state index contributed by atoms with van der Waals surface area (Å²) in [7, 11) is 0. The van der Waals surface area contributed by atoms with Gasteiger partial charge >= 0.3 is 6.09 Å². The van der Waals surface area contributed by atoms with Gasteiger partial charge in [-0.2, -0.15) is 0 Å². The summed E-state index contributed by atoms with van der Waals surface area (Å²) in [6.07, 6.45) is 4.47. The van der Waals surface area contributed by atoms with Gasteiger partial charge in [-0.05, 0) is 20.8 Å². The summed E-state index contributed by atoms with van der Waals surface area (Å²) in [5.74, 6) is 2.53. The Balaban J connectivity index is 2.26. The molecule has 0 spiro atoms. The van der Waals surface area contributed by atoms with E-state index in [-0.39, 0.29) is 12.7 Å². The molecule has 0 aromatic heterocycles. The van der Waals surface area contributed by atoms with Crippen LogP contribution in [0.25, 0.3) is 0 Å². The topological polar surface area (TPSA) is 62.2 Å². The normalized spacial score (nSPS) is 18.1. The van der Waals surface area contributed by atoms with Crippen molar-refractivity contribution < 1.29 is 19.4 Å². The Morgan fingerprint density at radius 3 is 2.52 bits per heavy atom. The standard InChI is InChI=1S/C15H26N2O4/c1-5-15(3,4)21-12-13(18)11-16-7-9-17(10-8-16)14(19)20-6-2/h1,13,18H,6-12H2,2-4H3/t13-/m0/s1. The highest BCUT2D eigenvalue weighted by molar-refractivity contribution is 5.67. The number of hydrogen-bond donors (Lipinski definition) is 1. The maximum absolute atomic E-state index is 11.6. The van der Waals surface area contributed by atoms with Crippen molar-refractivity contribution in [1.29, 1.82) is 0 Å². The summed E-state index contributed by atoms with van der Waals surface area (Å²) < 4.78 is 10.4. The second-order valence-electron chi connectivity index (χ2n) is 5.61. The number of rotatable bonds is 6. The van der Waals surface area contributed by atoms with Gasteiger partial charge in [-0.3, -0.25) is 4.90 Å². The van der Waals surface area contributed by atoms with Crippen LogP contribution >= 0.6 is 0 Å². The minimum absolute atomic E-state index is 0.204. The van der Waals surface area contributed by atoms with Crippen molar-refractivity contribution in [3.8, 4) is 12.3 Å². The fraction of sp³-hybridized carbons (Fsp3) is 0.800. The lowest BCUT2D eigenvalue weighted by Gasteiger charge is -2.35. The SMILES string of the molecule is C#CC(C)(C)OC[C@@H](O)CN1CCN(C(=O)OCC)CC1. The number of nitrogens with zero attached hydrogens (tertiary/aromatic N) is 2. The third kappa shape index (κ3) is 6.34. The second-order valence-corrected chi connectivity index (χ2v) is 5.61. The first-order valence-corrected chi connectivity index (χ1v) is 7.31. The third-order valence-corrected chi connectivity index (χ3v) is 3.35. The summed E-state index contributed by atoms with van der Waals surface area (Å²) in [4.78, 5) is 15.4. The molecular formula is C15H26N2O4. The van der Waals surface area contributed by atoms with Gasteiger partial charge in [0.2, 0.25) is 0 Å². The maximum atomic E-state index is 11.6. The Bertz CT molecular complexity index is 370. The van der Waals surface area contributed by atoms with E-state index in [2.05, 4.69) is 10.8 Å². The van der Waals surface area contributed by atoms with E-state index in [0.29, 0.717) is 39.3 Å². The first-order valence-electron chi connectivity index (χ1n) is 7.31. The van der Waals surface area contributed by atoms with E-state index < -0.39 is 11.7 Å². The molecule has 6 nitrogen and oxygen atoms in total. The molecule has 1 saturated heterocycles. The summed E-state index contributed by atoms with van der Waals surface area (Å²) in [5.41, 5.74) is -0.663. The first kappa shape index (κ1) is 17.8. The molecule has 1 N–H and O–H groups in total. The third-order valence-electron chi connectivity index (χ3n) is 3.35. The van der Waals surface area contributed by atoms with E-state index in [9.17, 15) is 9.90 Å². The van der Waals surface area contributed by atoms with Gasteiger partial charge in [0.05, 0.1) is 19.3 Å². The molecule has 6 heteroatoms. The van der Waals surface area contributed by atoms with Crippen molar-refractivity contribution in [1.82, 2.24) is 9.80 Å². The molecular weight excluding hydrogens is 272 g/mol. The van der Waals surface area contributed by atoms with Crippen molar-refractivity contribution in [2.45, 2.75) is 32.5 Å². The molecule has 0 saturated carbocycles. The van der Waals surface area contributed by atoms with Crippen LogP contribution in [0.15, 0.2) is 0 Å². The zero-order chi connectivity index (χ0) is 15.9. The maximum Gasteiger partial charge on any atom is 0.409 e. The average Bonchev–Trinajstić information content (AvgIpc) is 2.46. The Morgan fingerprint density at radius 1 is 1.38 bits per heavy atom. The van der Waals surface area contributed by atoms with Crippen LogP contribution in [0, 0.1) is 12.3 Å². The number of ether oxygens (including phenoxy) is 2. The highest BCUT2D eigenvalue weighted by Gasteiger charge is 2.24. The zero-order valence-corrected chi connectivity index (χ0v) is 13.2. The van der Waals surface area contributed by atoms with Gasteiger partial charge in [-0.1, -0.05) is 5.92 Å². The lowest BCUT2D eigenvalue weighted by Crippen LogP contribution is -2.51. The molecule has 1 heterocycles. The van der Waals surface area contributed by atoms with Crippen molar-refractivity contribution in [2.75, 3.05) is 45.9 Å². The van der Waals surface area contributed by atoms with E-state index in [0.717, 1.165) is 0 Å². The lowest BCUT2D eigenvalue weighted by molar-refractivity contribution is -0.0406. The highest BCUT2D eigenvalue weighted by atomic mass is 16.6. The number of carbonyl (C=O) groups is 1.